The number of aromatic nitrogens is 1. The largest absolute Gasteiger partial charge is 0.434 e. The second-order valence-electron chi connectivity index (χ2n) is 5.22. The van der Waals surface area contributed by atoms with Crippen molar-refractivity contribution in [3.05, 3.63) is 15.6 Å². The number of hydrogen-bond acceptors (Lipinski definition) is 4. The van der Waals surface area contributed by atoms with Crippen LogP contribution in [0.1, 0.15) is 36.3 Å². The monoisotopic (exact) mass is 296 g/mol. The van der Waals surface area contributed by atoms with Crippen molar-refractivity contribution in [1.29, 1.82) is 0 Å². The molecule has 0 bridgehead atoms. The highest BCUT2D eigenvalue weighted by molar-refractivity contribution is 7.11. The number of halogens is 3. The Kier molecular flexibility index (Phi) is 5.34. The van der Waals surface area contributed by atoms with Crippen molar-refractivity contribution < 1.29 is 17.9 Å². The summed E-state index contributed by atoms with van der Waals surface area (Å²) >= 11 is 1.09. The van der Waals surface area contributed by atoms with Gasteiger partial charge in [-0.1, -0.05) is 0 Å². The quantitative estimate of drug-likeness (QED) is 0.906. The number of thiazole rings is 1. The van der Waals surface area contributed by atoms with Gasteiger partial charge in [-0.2, -0.15) is 13.2 Å². The molecule has 3 nitrogen and oxygen atoms in total. The van der Waals surface area contributed by atoms with Crippen molar-refractivity contribution in [3.8, 4) is 0 Å². The molecule has 0 saturated carbocycles. The zero-order chi connectivity index (χ0) is 14.7. The van der Waals surface area contributed by atoms with E-state index in [1.54, 1.807) is 0 Å². The third-order valence-electron chi connectivity index (χ3n) is 2.31. The Bertz CT molecular complexity index is 410. The Morgan fingerprint density at radius 2 is 1.89 bits per heavy atom. The summed E-state index contributed by atoms with van der Waals surface area (Å²) in [5.74, 6) is 0. The van der Waals surface area contributed by atoms with Gasteiger partial charge in [0.05, 0.1) is 16.5 Å². The summed E-state index contributed by atoms with van der Waals surface area (Å²) in [6, 6.07) is 0. The highest BCUT2D eigenvalue weighted by atomic mass is 32.1. The summed E-state index contributed by atoms with van der Waals surface area (Å²) in [6.45, 7) is 6.27. The van der Waals surface area contributed by atoms with Crippen LogP contribution >= 0.6 is 11.3 Å². The standard InChI is InChI=1S/C12H19F3N2OS/c1-11(2,3)16-7-8-10(12(13,14)15)17-9(19-8)5-6-18-4/h16H,5-7H2,1-4H3. The highest BCUT2D eigenvalue weighted by Crippen LogP contribution is 2.34. The molecule has 7 heteroatoms. The molecule has 0 unspecified atom stereocenters. The first-order valence-electron chi connectivity index (χ1n) is 5.93. The molecule has 1 heterocycles. The van der Waals surface area contributed by atoms with Crippen LogP contribution in [0, 0.1) is 0 Å². The average Bonchev–Trinajstić information content (AvgIpc) is 2.65. The molecule has 0 fully saturated rings. The van der Waals surface area contributed by atoms with Gasteiger partial charge in [0.15, 0.2) is 5.69 Å². The van der Waals surface area contributed by atoms with Crippen LogP contribution in [-0.2, 0) is 23.9 Å². The predicted molar refractivity (Wildman–Crippen MR) is 69.3 cm³/mol. The van der Waals surface area contributed by atoms with E-state index < -0.39 is 11.9 Å². The van der Waals surface area contributed by atoms with E-state index in [-0.39, 0.29) is 17.0 Å². The Hall–Kier alpha value is -0.660. The third-order valence-corrected chi connectivity index (χ3v) is 3.42. The van der Waals surface area contributed by atoms with Gasteiger partial charge in [-0.25, -0.2) is 4.98 Å². The molecule has 0 amide bonds. The first kappa shape index (κ1) is 16.4. The number of ether oxygens (including phenoxy) is 1. The number of rotatable bonds is 5. The predicted octanol–water partition coefficient (Wildman–Crippen LogP) is 3.24. The van der Waals surface area contributed by atoms with Gasteiger partial charge < -0.3 is 10.1 Å². The molecule has 1 rings (SSSR count). The summed E-state index contributed by atoms with van der Waals surface area (Å²) in [4.78, 5) is 3.92. The van der Waals surface area contributed by atoms with Gasteiger partial charge >= 0.3 is 6.18 Å². The third kappa shape index (κ3) is 5.46. The maximum Gasteiger partial charge on any atom is 0.434 e. The molecule has 0 spiro atoms. The van der Waals surface area contributed by atoms with Gasteiger partial charge in [-0.05, 0) is 20.8 Å². The van der Waals surface area contributed by atoms with Crippen molar-refractivity contribution >= 4 is 11.3 Å². The zero-order valence-electron chi connectivity index (χ0n) is 11.5. The number of hydrogen-bond donors (Lipinski definition) is 1. The molecule has 1 N–H and O–H groups in total. The molecule has 0 aliphatic heterocycles. The second-order valence-corrected chi connectivity index (χ2v) is 6.39. The van der Waals surface area contributed by atoms with Crippen molar-refractivity contribution in [2.45, 2.75) is 45.5 Å². The van der Waals surface area contributed by atoms with Gasteiger partial charge in [0.2, 0.25) is 0 Å². The molecule has 0 saturated heterocycles. The van der Waals surface area contributed by atoms with Crippen molar-refractivity contribution in [2.75, 3.05) is 13.7 Å². The van der Waals surface area contributed by atoms with E-state index in [9.17, 15) is 13.2 Å². The van der Waals surface area contributed by atoms with Crippen LogP contribution in [0.15, 0.2) is 0 Å². The summed E-state index contributed by atoms with van der Waals surface area (Å²) < 4.78 is 43.5. The van der Waals surface area contributed by atoms with Crippen molar-refractivity contribution in [1.82, 2.24) is 10.3 Å². The molecular formula is C12H19F3N2OS. The molecule has 0 aromatic carbocycles. The van der Waals surface area contributed by atoms with E-state index in [4.69, 9.17) is 4.74 Å². The average molecular weight is 296 g/mol. The minimum Gasteiger partial charge on any atom is -0.384 e. The first-order valence-corrected chi connectivity index (χ1v) is 6.75. The van der Waals surface area contributed by atoms with E-state index in [0.29, 0.717) is 18.0 Å². The Morgan fingerprint density at radius 1 is 1.26 bits per heavy atom. The topological polar surface area (TPSA) is 34.1 Å². The maximum atomic E-state index is 12.9. The molecule has 0 aliphatic rings. The Morgan fingerprint density at radius 3 is 2.37 bits per heavy atom. The van der Waals surface area contributed by atoms with E-state index in [2.05, 4.69) is 10.3 Å². The number of methoxy groups -OCH3 is 1. The summed E-state index contributed by atoms with van der Waals surface area (Å²) in [5, 5.41) is 3.52. The summed E-state index contributed by atoms with van der Waals surface area (Å²) in [6.07, 6.45) is -4.00. The van der Waals surface area contributed by atoms with Crippen LogP contribution in [0.25, 0.3) is 0 Å². The molecular weight excluding hydrogens is 277 g/mol. The van der Waals surface area contributed by atoms with E-state index in [1.807, 2.05) is 20.8 Å². The van der Waals surface area contributed by atoms with E-state index >= 15 is 0 Å². The molecule has 1 aromatic rings. The lowest BCUT2D eigenvalue weighted by molar-refractivity contribution is -0.141. The van der Waals surface area contributed by atoms with Gasteiger partial charge in [0.25, 0.3) is 0 Å². The van der Waals surface area contributed by atoms with Crippen LogP contribution in [0.3, 0.4) is 0 Å². The normalized spacial score (nSPS) is 13.0. The van der Waals surface area contributed by atoms with Crippen LogP contribution in [0.2, 0.25) is 0 Å². The fourth-order valence-electron chi connectivity index (χ4n) is 1.38. The SMILES string of the molecule is COCCc1nc(C(F)(F)F)c(CNC(C)(C)C)s1. The fraction of sp³-hybridized carbons (Fsp3) is 0.750. The van der Waals surface area contributed by atoms with Gasteiger partial charge in [0.1, 0.15) is 0 Å². The number of nitrogens with zero attached hydrogens (tertiary/aromatic N) is 1. The number of alkyl halides is 3. The van der Waals surface area contributed by atoms with Crippen molar-refractivity contribution in [2.24, 2.45) is 0 Å². The molecule has 0 radical (unpaired) electrons. The van der Waals surface area contributed by atoms with Crippen LogP contribution in [0.5, 0.6) is 0 Å². The minimum absolute atomic E-state index is 0.170. The van der Waals surface area contributed by atoms with E-state index in [0.717, 1.165) is 11.3 Å². The molecule has 0 atom stereocenters. The van der Waals surface area contributed by atoms with Gasteiger partial charge in [0, 0.05) is 25.6 Å². The molecule has 19 heavy (non-hydrogen) atoms. The fourth-order valence-corrected chi connectivity index (χ4v) is 2.39. The second kappa shape index (κ2) is 6.19. The van der Waals surface area contributed by atoms with Crippen LogP contribution < -0.4 is 5.32 Å². The van der Waals surface area contributed by atoms with Gasteiger partial charge in [-0.3, -0.25) is 0 Å². The minimum atomic E-state index is -4.41. The van der Waals surface area contributed by atoms with Crippen molar-refractivity contribution in [3.63, 3.8) is 0 Å². The van der Waals surface area contributed by atoms with E-state index in [1.165, 1.54) is 7.11 Å². The lowest BCUT2D eigenvalue weighted by Gasteiger charge is -2.20. The van der Waals surface area contributed by atoms with Crippen LogP contribution in [0.4, 0.5) is 13.2 Å². The molecule has 110 valence electrons. The lowest BCUT2D eigenvalue weighted by Crippen LogP contribution is -2.35. The Labute approximate surface area is 115 Å². The first-order chi connectivity index (χ1) is 8.63. The summed E-state index contributed by atoms with van der Waals surface area (Å²) in [5.41, 5.74) is -1.01. The Balaban J connectivity index is 2.90. The summed E-state index contributed by atoms with van der Waals surface area (Å²) in [7, 11) is 1.51. The highest BCUT2D eigenvalue weighted by Gasteiger charge is 2.37. The van der Waals surface area contributed by atoms with Crippen LogP contribution in [-0.4, -0.2) is 24.2 Å². The maximum absolute atomic E-state index is 12.9. The molecule has 1 aromatic heterocycles. The number of nitrogens with one attached hydrogen (secondary N) is 1. The smallest absolute Gasteiger partial charge is 0.384 e. The van der Waals surface area contributed by atoms with Gasteiger partial charge in [-0.15, -0.1) is 11.3 Å². The zero-order valence-corrected chi connectivity index (χ0v) is 12.3. The lowest BCUT2D eigenvalue weighted by atomic mass is 10.1. The molecule has 0 aliphatic carbocycles.